The van der Waals surface area contributed by atoms with Gasteiger partial charge in [0, 0.05) is 29.6 Å². The molecule has 6 heteroatoms. The summed E-state index contributed by atoms with van der Waals surface area (Å²) in [5.74, 6) is -0.260. The van der Waals surface area contributed by atoms with E-state index in [1.165, 1.54) is 0 Å². The van der Waals surface area contributed by atoms with Crippen LogP contribution in [-0.4, -0.2) is 26.3 Å². The Hall–Kier alpha value is -3.38. The largest absolute Gasteiger partial charge is 0.345 e. The number of fused-ring (bicyclic) bond motifs is 1. The summed E-state index contributed by atoms with van der Waals surface area (Å²) in [6, 6.07) is 20.8. The number of para-hydroxylation sites is 1. The second-order valence-corrected chi connectivity index (χ2v) is 8.54. The van der Waals surface area contributed by atoms with Crippen LogP contribution in [0.4, 0.5) is 0 Å². The van der Waals surface area contributed by atoms with E-state index >= 15 is 0 Å². The second kappa shape index (κ2) is 9.18. The monoisotopic (exact) mass is 429 g/mol. The molecule has 0 aliphatic heterocycles. The Kier molecular flexibility index (Phi) is 6.18. The van der Waals surface area contributed by atoms with Crippen LogP contribution in [0, 0.1) is 0 Å². The molecule has 156 valence electrons. The third-order valence-electron chi connectivity index (χ3n) is 5.21. The van der Waals surface area contributed by atoms with Gasteiger partial charge >= 0.3 is 0 Å². The summed E-state index contributed by atoms with van der Waals surface area (Å²) >= 11 is 0. The summed E-state index contributed by atoms with van der Waals surface area (Å²) in [5, 5.41) is 3.83. The lowest BCUT2D eigenvalue weighted by molar-refractivity contribution is 0.0934. The average Bonchev–Trinajstić information content (AvgIpc) is 2.82. The van der Waals surface area contributed by atoms with Gasteiger partial charge in [0.1, 0.15) is 0 Å². The Bertz CT molecular complexity index is 1240. The number of carbonyl (C=O) groups is 1. The third-order valence-corrected chi connectivity index (χ3v) is 6.19. The molecule has 2 heterocycles. The smallest absolute Gasteiger partial charge is 0.253 e. The summed E-state index contributed by atoms with van der Waals surface area (Å²) in [5.41, 5.74) is 3.35. The number of carbonyl (C=O) groups excluding carboxylic acids is 1. The van der Waals surface area contributed by atoms with Gasteiger partial charge < -0.3 is 5.32 Å². The fourth-order valence-corrected chi connectivity index (χ4v) is 4.66. The van der Waals surface area contributed by atoms with Crippen LogP contribution in [0.5, 0.6) is 0 Å². The first-order valence-electron chi connectivity index (χ1n) is 10.1. The van der Waals surface area contributed by atoms with Gasteiger partial charge in [-0.3, -0.25) is 14.0 Å². The molecule has 0 aliphatic carbocycles. The van der Waals surface area contributed by atoms with Crippen LogP contribution in [0.25, 0.3) is 22.2 Å². The van der Waals surface area contributed by atoms with Crippen LogP contribution in [0.15, 0.2) is 84.0 Å². The minimum Gasteiger partial charge on any atom is -0.345 e. The molecule has 0 radical (unpaired) electrons. The lowest BCUT2D eigenvalue weighted by atomic mass is 10.0. The Morgan fingerprint density at radius 3 is 2.45 bits per heavy atom. The van der Waals surface area contributed by atoms with Crippen molar-refractivity contribution in [3.05, 3.63) is 90.3 Å². The minimum atomic E-state index is -1.44. The maximum atomic E-state index is 13.6. The number of rotatable bonds is 6. The topological polar surface area (TPSA) is 72.0 Å². The molecule has 5 nitrogen and oxygen atoms in total. The maximum Gasteiger partial charge on any atom is 0.253 e. The molecule has 4 rings (SSSR count). The van der Waals surface area contributed by atoms with E-state index in [2.05, 4.69) is 10.3 Å². The molecule has 0 saturated heterocycles. The molecule has 31 heavy (non-hydrogen) atoms. The molecule has 0 aliphatic rings. The van der Waals surface area contributed by atoms with E-state index in [-0.39, 0.29) is 11.9 Å². The Balaban J connectivity index is 1.90. The van der Waals surface area contributed by atoms with Gasteiger partial charge in [0.2, 0.25) is 0 Å². The first-order chi connectivity index (χ1) is 15.1. The van der Waals surface area contributed by atoms with Crippen LogP contribution in [0.1, 0.15) is 35.3 Å². The van der Waals surface area contributed by atoms with E-state index in [9.17, 15) is 9.00 Å². The van der Waals surface area contributed by atoms with Crippen LogP contribution in [-0.2, 0) is 10.8 Å². The lowest BCUT2D eigenvalue weighted by Gasteiger charge is -2.20. The Morgan fingerprint density at radius 1 is 1.03 bits per heavy atom. The van der Waals surface area contributed by atoms with Crippen molar-refractivity contribution in [2.45, 2.75) is 24.3 Å². The standard InChI is InChI=1S/C25H23N3O2S/c1-3-20(17-10-5-4-6-11-17)28-25(29)22-19-13-7-8-14-21(19)27-23(24(22)31(2)30)18-12-9-15-26-16-18/h4-16,20H,3H2,1-2H3,(H,28,29)/t20-,31?/m0/s1. The first kappa shape index (κ1) is 20.9. The zero-order valence-corrected chi connectivity index (χ0v) is 18.2. The molecule has 1 unspecified atom stereocenters. The second-order valence-electron chi connectivity index (χ2n) is 7.22. The number of aromatic nitrogens is 2. The first-order valence-corrected chi connectivity index (χ1v) is 11.7. The number of amides is 1. The molecule has 0 spiro atoms. The maximum absolute atomic E-state index is 13.6. The van der Waals surface area contributed by atoms with Crippen molar-refractivity contribution in [2.75, 3.05) is 6.26 Å². The minimum absolute atomic E-state index is 0.152. The highest BCUT2D eigenvalue weighted by Gasteiger charge is 2.25. The van der Waals surface area contributed by atoms with E-state index in [1.54, 1.807) is 24.7 Å². The number of hydrogen-bond donors (Lipinski definition) is 1. The van der Waals surface area contributed by atoms with Gasteiger partial charge in [0.15, 0.2) is 0 Å². The van der Waals surface area contributed by atoms with Gasteiger partial charge in [0.05, 0.1) is 38.5 Å². The molecule has 2 atom stereocenters. The molecule has 0 bridgehead atoms. The molecule has 1 amide bonds. The molecular formula is C25H23N3O2S. The fourth-order valence-electron chi connectivity index (χ4n) is 3.74. The van der Waals surface area contributed by atoms with E-state index in [0.717, 1.165) is 17.5 Å². The molecule has 2 aromatic carbocycles. The highest BCUT2D eigenvalue weighted by molar-refractivity contribution is 7.84. The zero-order valence-electron chi connectivity index (χ0n) is 17.4. The Morgan fingerprint density at radius 2 is 1.77 bits per heavy atom. The average molecular weight is 430 g/mol. The normalized spacial score (nSPS) is 13.0. The zero-order chi connectivity index (χ0) is 21.8. The van der Waals surface area contributed by atoms with E-state index in [0.29, 0.717) is 27.1 Å². The summed E-state index contributed by atoms with van der Waals surface area (Å²) in [6.07, 6.45) is 5.66. The SMILES string of the molecule is CC[C@H](NC(=O)c1c(S(C)=O)c(-c2cccnc2)nc2ccccc12)c1ccccc1. The Labute approximate surface area is 184 Å². The van der Waals surface area contributed by atoms with Crippen LogP contribution >= 0.6 is 0 Å². The molecule has 0 fully saturated rings. The predicted molar refractivity (Wildman–Crippen MR) is 124 cm³/mol. The molecule has 2 aromatic heterocycles. The third kappa shape index (κ3) is 4.25. The van der Waals surface area contributed by atoms with E-state index in [4.69, 9.17) is 4.98 Å². The van der Waals surface area contributed by atoms with Crippen molar-refractivity contribution in [3.63, 3.8) is 0 Å². The van der Waals surface area contributed by atoms with E-state index in [1.807, 2.05) is 67.6 Å². The molecule has 4 aromatic rings. The number of benzene rings is 2. The summed E-state index contributed by atoms with van der Waals surface area (Å²) < 4.78 is 12.9. The van der Waals surface area contributed by atoms with Crippen molar-refractivity contribution in [1.29, 1.82) is 0 Å². The number of nitrogens with one attached hydrogen (secondary N) is 1. The number of nitrogens with zero attached hydrogens (tertiary/aromatic N) is 2. The predicted octanol–water partition coefficient (Wildman–Crippen LogP) is 4.92. The van der Waals surface area contributed by atoms with E-state index < -0.39 is 10.8 Å². The summed E-state index contributed by atoms with van der Waals surface area (Å²) in [7, 11) is -1.44. The highest BCUT2D eigenvalue weighted by atomic mass is 32.2. The van der Waals surface area contributed by atoms with Crippen molar-refractivity contribution in [2.24, 2.45) is 0 Å². The molecule has 0 saturated carbocycles. The van der Waals surface area contributed by atoms with Crippen molar-refractivity contribution in [1.82, 2.24) is 15.3 Å². The molecular weight excluding hydrogens is 406 g/mol. The quantitative estimate of drug-likeness (QED) is 0.472. The fraction of sp³-hybridized carbons (Fsp3) is 0.160. The van der Waals surface area contributed by atoms with Crippen molar-refractivity contribution in [3.8, 4) is 11.3 Å². The number of hydrogen-bond acceptors (Lipinski definition) is 4. The van der Waals surface area contributed by atoms with Crippen LogP contribution < -0.4 is 5.32 Å². The van der Waals surface area contributed by atoms with Gasteiger partial charge in [0.25, 0.3) is 5.91 Å². The van der Waals surface area contributed by atoms with Gasteiger partial charge in [-0.2, -0.15) is 0 Å². The van der Waals surface area contributed by atoms with Crippen LogP contribution in [0.2, 0.25) is 0 Å². The van der Waals surface area contributed by atoms with Gasteiger partial charge in [-0.1, -0.05) is 55.5 Å². The summed E-state index contributed by atoms with van der Waals surface area (Å²) in [6.45, 7) is 2.03. The highest BCUT2D eigenvalue weighted by Crippen LogP contribution is 2.32. The number of pyridine rings is 2. The van der Waals surface area contributed by atoms with Gasteiger partial charge in [-0.05, 0) is 30.2 Å². The van der Waals surface area contributed by atoms with Crippen molar-refractivity contribution < 1.29 is 9.00 Å². The van der Waals surface area contributed by atoms with Gasteiger partial charge in [-0.15, -0.1) is 0 Å². The van der Waals surface area contributed by atoms with Crippen molar-refractivity contribution >= 4 is 27.6 Å². The lowest BCUT2D eigenvalue weighted by Crippen LogP contribution is -2.29. The molecule has 1 N–H and O–H groups in total. The summed E-state index contributed by atoms with van der Waals surface area (Å²) in [4.78, 5) is 23.0. The van der Waals surface area contributed by atoms with Gasteiger partial charge in [-0.25, -0.2) is 4.98 Å². The van der Waals surface area contributed by atoms with Crippen LogP contribution in [0.3, 0.4) is 0 Å².